The lowest BCUT2D eigenvalue weighted by Crippen LogP contribution is -2.46. The van der Waals surface area contributed by atoms with Crippen LogP contribution in [0.25, 0.3) is 11.3 Å². The number of benzene rings is 1. The Hall–Kier alpha value is -3.08. The largest absolute Gasteiger partial charge is 0.508 e. The lowest BCUT2D eigenvalue weighted by Gasteiger charge is -2.35. The van der Waals surface area contributed by atoms with Crippen LogP contribution >= 0.6 is 0 Å². The molecule has 0 unspecified atom stereocenters. The molecule has 164 valence electrons. The molecule has 0 amide bonds. The average Bonchev–Trinajstić information content (AvgIpc) is 3.38. The van der Waals surface area contributed by atoms with Crippen molar-refractivity contribution in [2.45, 2.75) is 37.8 Å². The zero-order valence-electron chi connectivity index (χ0n) is 16.8. The van der Waals surface area contributed by atoms with Gasteiger partial charge in [-0.1, -0.05) is 5.21 Å². The number of piperidine rings is 1. The molecule has 2 aromatic heterocycles. The van der Waals surface area contributed by atoms with Crippen LogP contribution in [0, 0.1) is 0 Å². The number of anilines is 1. The minimum Gasteiger partial charge on any atom is -0.508 e. The quantitative estimate of drug-likeness (QED) is 0.605. The van der Waals surface area contributed by atoms with E-state index in [9.17, 15) is 19.0 Å². The normalized spacial score (nSPS) is 21.7. The Morgan fingerprint density at radius 1 is 1.13 bits per heavy atom. The number of rotatable bonds is 4. The van der Waals surface area contributed by atoms with Gasteiger partial charge in [0.1, 0.15) is 17.3 Å². The second-order valence-electron chi connectivity index (χ2n) is 8.22. The maximum absolute atomic E-state index is 13.5. The van der Waals surface area contributed by atoms with Crippen molar-refractivity contribution in [2.75, 3.05) is 31.1 Å². The number of aromatic nitrogens is 5. The van der Waals surface area contributed by atoms with Crippen LogP contribution in [-0.2, 0) is 6.54 Å². The first-order valence-corrected chi connectivity index (χ1v) is 10.3. The molecule has 3 aromatic rings. The lowest BCUT2D eigenvalue weighted by molar-refractivity contribution is -0.0614. The molecule has 2 fully saturated rings. The molecule has 5 rings (SSSR count). The summed E-state index contributed by atoms with van der Waals surface area (Å²) in [5.74, 6) is -1.77. The number of likely N-dealkylation sites (tertiary alicyclic amines) is 1. The van der Waals surface area contributed by atoms with E-state index in [1.54, 1.807) is 6.20 Å². The second-order valence-corrected chi connectivity index (χ2v) is 8.22. The van der Waals surface area contributed by atoms with E-state index in [4.69, 9.17) is 0 Å². The zero-order valence-corrected chi connectivity index (χ0v) is 16.8. The number of fused-ring (bicyclic) bond motifs is 1. The summed E-state index contributed by atoms with van der Waals surface area (Å²) in [4.78, 5) is 13.3. The van der Waals surface area contributed by atoms with E-state index < -0.39 is 5.92 Å². The van der Waals surface area contributed by atoms with Gasteiger partial charge in [0.2, 0.25) is 5.65 Å². The third-order valence-electron chi connectivity index (χ3n) is 6.13. The van der Waals surface area contributed by atoms with Crippen LogP contribution in [0.3, 0.4) is 0 Å². The predicted octanol–water partition coefficient (Wildman–Crippen LogP) is 1.99. The van der Waals surface area contributed by atoms with E-state index in [2.05, 4.69) is 30.1 Å². The van der Waals surface area contributed by atoms with Gasteiger partial charge in [-0.05, 0) is 24.6 Å². The Labute approximate surface area is 176 Å². The van der Waals surface area contributed by atoms with E-state index in [0.717, 1.165) is 13.0 Å². The smallest absolute Gasteiger partial charge is 0.250 e. The van der Waals surface area contributed by atoms with E-state index in [0.29, 0.717) is 42.3 Å². The number of phenols is 2. The number of phenolic OH excluding ortho intramolecular Hbond substituents is 2. The standard InChI is InChI=1S/C20H23F2N7O2/c21-20(22)4-7-27(8-5-20)14-3-6-28(12-14)17-10-23-18-19(24-17)29(26-25-18)11-13-9-15(30)1-2-16(13)31/h1-2,9-10,14,30-31H,3-8,11-12H2/t14-/m1/s1. The van der Waals surface area contributed by atoms with Crippen molar-refractivity contribution in [3.63, 3.8) is 0 Å². The maximum Gasteiger partial charge on any atom is 0.250 e. The first-order valence-electron chi connectivity index (χ1n) is 10.3. The first kappa shape index (κ1) is 19.9. The van der Waals surface area contributed by atoms with Gasteiger partial charge in [0, 0.05) is 50.6 Å². The Balaban J connectivity index is 1.33. The molecule has 2 N–H and O–H groups in total. The van der Waals surface area contributed by atoms with Gasteiger partial charge in [-0.2, -0.15) is 0 Å². The second kappa shape index (κ2) is 7.56. The highest BCUT2D eigenvalue weighted by molar-refractivity contribution is 5.67. The van der Waals surface area contributed by atoms with Gasteiger partial charge in [0.15, 0.2) is 5.65 Å². The third kappa shape index (κ3) is 3.97. The molecule has 0 saturated carbocycles. The van der Waals surface area contributed by atoms with E-state index >= 15 is 0 Å². The van der Waals surface area contributed by atoms with Gasteiger partial charge in [-0.25, -0.2) is 23.4 Å². The summed E-state index contributed by atoms with van der Waals surface area (Å²) in [6.07, 6.45) is 2.38. The van der Waals surface area contributed by atoms with Crippen LogP contribution < -0.4 is 4.90 Å². The van der Waals surface area contributed by atoms with Crippen molar-refractivity contribution in [1.82, 2.24) is 29.9 Å². The van der Waals surface area contributed by atoms with Crippen molar-refractivity contribution >= 4 is 17.1 Å². The molecule has 0 bridgehead atoms. The minimum absolute atomic E-state index is 0.0417. The predicted molar refractivity (Wildman–Crippen MR) is 108 cm³/mol. The number of nitrogens with zero attached hydrogens (tertiary/aromatic N) is 7. The summed E-state index contributed by atoms with van der Waals surface area (Å²) in [7, 11) is 0. The molecule has 11 heteroatoms. The molecule has 2 saturated heterocycles. The van der Waals surface area contributed by atoms with Gasteiger partial charge in [-0.15, -0.1) is 5.10 Å². The highest BCUT2D eigenvalue weighted by Crippen LogP contribution is 2.31. The summed E-state index contributed by atoms with van der Waals surface area (Å²) >= 11 is 0. The number of halogens is 2. The molecular formula is C20H23F2N7O2. The summed E-state index contributed by atoms with van der Waals surface area (Å²) < 4.78 is 28.5. The van der Waals surface area contributed by atoms with Crippen LogP contribution in [-0.4, -0.2) is 78.2 Å². The Bertz CT molecular complexity index is 1100. The third-order valence-corrected chi connectivity index (χ3v) is 6.13. The molecule has 2 aliphatic rings. The van der Waals surface area contributed by atoms with Crippen molar-refractivity contribution in [3.8, 4) is 11.5 Å². The molecular weight excluding hydrogens is 408 g/mol. The van der Waals surface area contributed by atoms with Crippen LogP contribution in [0.15, 0.2) is 24.4 Å². The monoisotopic (exact) mass is 431 g/mol. The van der Waals surface area contributed by atoms with Gasteiger partial charge < -0.3 is 15.1 Å². The summed E-state index contributed by atoms with van der Waals surface area (Å²) in [5.41, 5.74) is 1.35. The average molecular weight is 431 g/mol. The Kier molecular flexibility index (Phi) is 4.84. The Morgan fingerprint density at radius 3 is 2.74 bits per heavy atom. The fourth-order valence-electron chi connectivity index (χ4n) is 4.33. The van der Waals surface area contributed by atoms with Crippen molar-refractivity contribution < 1.29 is 19.0 Å². The molecule has 2 aliphatic heterocycles. The zero-order chi connectivity index (χ0) is 21.6. The van der Waals surface area contributed by atoms with Gasteiger partial charge in [0.25, 0.3) is 5.92 Å². The molecule has 0 aliphatic carbocycles. The fraction of sp³-hybridized carbons (Fsp3) is 0.500. The Morgan fingerprint density at radius 2 is 1.94 bits per heavy atom. The number of alkyl halides is 2. The van der Waals surface area contributed by atoms with Gasteiger partial charge in [-0.3, -0.25) is 4.90 Å². The SMILES string of the molecule is Oc1ccc(O)c(Cn2nnc3ncc(N4CC[C@@H](N5CCC(F)(F)CC5)C4)nc32)c1. The fourth-order valence-corrected chi connectivity index (χ4v) is 4.33. The summed E-state index contributed by atoms with van der Waals surface area (Å²) in [5, 5.41) is 27.9. The number of hydrogen-bond acceptors (Lipinski definition) is 8. The maximum atomic E-state index is 13.5. The van der Waals surface area contributed by atoms with E-state index in [1.165, 1.54) is 22.9 Å². The molecule has 1 atom stereocenters. The lowest BCUT2D eigenvalue weighted by atomic mass is 10.0. The minimum atomic E-state index is -2.54. The molecule has 0 radical (unpaired) electrons. The van der Waals surface area contributed by atoms with Crippen LogP contribution in [0.1, 0.15) is 24.8 Å². The molecule has 0 spiro atoms. The topological polar surface area (TPSA) is 103 Å². The molecule has 31 heavy (non-hydrogen) atoms. The summed E-state index contributed by atoms with van der Waals surface area (Å²) in [6, 6.07) is 4.51. The van der Waals surface area contributed by atoms with Crippen molar-refractivity contribution in [1.29, 1.82) is 0 Å². The molecule has 9 nitrogen and oxygen atoms in total. The van der Waals surface area contributed by atoms with Gasteiger partial charge in [0.05, 0.1) is 12.7 Å². The first-order chi connectivity index (χ1) is 14.9. The molecule has 1 aromatic carbocycles. The van der Waals surface area contributed by atoms with Crippen LogP contribution in [0.5, 0.6) is 11.5 Å². The number of aromatic hydroxyl groups is 2. The van der Waals surface area contributed by atoms with Crippen LogP contribution in [0.2, 0.25) is 0 Å². The summed E-state index contributed by atoms with van der Waals surface area (Å²) in [6.45, 7) is 2.49. The molecule has 4 heterocycles. The highest BCUT2D eigenvalue weighted by atomic mass is 19.3. The van der Waals surface area contributed by atoms with Crippen molar-refractivity contribution in [3.05, 3.63) is 30.0 Å². The van der Waals surface area contributed by atoms with Gasteiger partial charge >= 0.3 is 0 Å². The van der Waals surface area contributed by atoms with Crippen LogP contribution in [0.4, 0.5) is 14.6 Å². The van der Waals surface area contributed by atoms with E-state index in [1.807, 2.05) is 0 Å². The number of hydrogen-bond donors (Lipinski definition) is 2. The van der Waals surface area contributed by atoms with E-state index in [-0.39, 0.29) is 36.9 Å². The highest BCUT2D eigenvalue weighted by Gasteiger charge is 2.38. The van der Waals surface area contributed by atoms with Crippen molar-refractivity contribution in [2.24, 2.45) is 0 Å².